The Hall–Kier alpha value is -1.88. The average Bonchev–Trinajstić information content (AvgIpc) is 2.51. The molecule has 0 saturated heterocycles. The molecule has 0 fully saturated rings. The predicted molar refractivity (Wildman–Crippen MR) is 86.7 cm³/mol. The predicted octanol–water partition coefficient (Wildman–Crippen LogP) is 3.45. The van der Waals surface area contributed by atoms with Crippen molar-refractivity contribution in [1.29, 1.82) is 0 Å². The van der Waals surface area contributed by atoms with E-state index in [0.29, 0.717) is 13.0 Å². The van der Waals surface area contributed by atoms with E-state index in [1.165, 1.54) is 0 Å². The maximum atomic E-state index is 12.5. The van der Waals surface area contributed by atoms with E-state index in [4.69, 9.17) is 4.74 Å². The third-order valence-electron chi connectivity index (χ3n) is 3.17. The van der Waals surface area contributed by atoms with Crippen LogP contribution in [0.1, 0.15) is 12.5 Å². The van der Waals surface area contributed by atoms with E-state index >= 15 is 0 Å². The van der Waals surface area contributed by atoms with Crippen molar-refractivity contribution in [3.8, 4) is 5.75 Å². The Kier molecular flexibility index (Phi) is 5.33. The van der Waals surface area contributed by atoms with E-state index in [9.17, 15) is 4.79 Å². The molecule has 0 N–H and O–H groups in total. The van der Waals surface area contributed by atoms with E-state index in [-0.39, 0.29) is 5.91 Å². The summed E-state index contributed by atoms with van der Waals surface area (Å²) in [6.45, 7) is 2.55. The van der Waals surface area contributed by atoms with Crippen molar-refractivity contribution < 1.29 is 9.53 Å². The number of carbonyl (C=O) groups is 1. The normalized spacial score (nSPS) is 10.2. The number of amides is 1. The summed E-state index contributed by atoms with van der Waals surface area (Å²) in [5.74, 6) is 0.768. The van der Waals surface area contributed by atoms with E-state index in [1.54, 1.807) is 24.4 Å². The number of methoxy groups -OCH3 is 1. The van der Waals surface area contributed by atoms with Gasteiger partial charge >= 0.3 is 0 Å². The van der Waals surface area contributed by atoms with Gasteiger partial charge in [-0.05, 0) is 42.8 Å². The maximum Gasteiger partial charge on any atom is 0.231 e. The van der Waals surface area contributed by atoms with Crippen LogP contribution in [0.4, 0.5) is 5.69 Å². The van der Waals surface area contributed by atoms with Crippen LogP contribution in [-0.2, 0) is 11.2 Å². The molecule has 0 radical (unpaired) electrons. The lowest BCUT2D eigenvalue weighted by molar-refractivity contribution is -0.117. The average molecular weight is 349 g/mol. The Morgan fingerprint density at radius 3 is 2.81 bits per heavy atom. The zero-order valence-corrected chi connectivity index (χ0v) is 13.6. The molecule has 110 valence electrons. The molecule has 1 amide bonds. The fourth-order valence-corrected chi connectivity index (χ4v) is 2.48. The molecule has 2 rings (SSSR count). The number of anilines is 1. The largest absolute Gasteiger partial charge is 0.497 e. The quantitative estimate of drug-likeness (QED) is 0.830. The summed E-state index contributed by atoms with van der Waals surface area (Å²) in [6, 6.07) is 9.33. The highest BCUT2D eigenvalue weighted by Gasteiger charge is 2.16. The minimum atomic E-state index is 0.0273. The van der Waals surface area contributed by atoms with Gasteiger partial charge in [0, 0.05) is 17.2 Å². The fraction of sp³-hybridized carbons (Fsp3) is 0.250. The van der Waals surface area contributed by atoms with Crippen molar-refractivity contribution in [2.75, 3.05) is 18.6 Å². The minimum absolute atomic E-state index is 0.0273. The van der Waals surface area contributed by atoms with Gasteiger partial charge in [0.05, 0.1) is 25.4 Å². The SMILES string of the molecule is CCN(C(=O)Cc1cc(OC)ccc1Br)c1cccnc1. The van der Waals surface area contributed by atoms with E-state index < -0.39 is 0 Å². The van der Waals surface area contributed by atoms with Crippen LogP contribution in [-0.4, -0.2) is 24.5 Å². The lowest BCUT2D eigenvalue weighted by Gasteiger charge is -2.21. The second-order valence-electron chi connectivity index (χ2n) is 4.48. The maximum absolute atomic E-state index is 12.5. The summed E-state index contributed by atoms with van der Waals surface area (Å²) in [5.41, 5.74) is 1.71. The number of rotatable bonds is 5. The van der Waals surface area contributed by atoms with Crippen molar-refractivity contribution >= 4 is 27.5 Å². The molecular formula is C16H17BrN2O2. The lowest BCUT2D eigenvalue weighted by atomic mass is 10.1. The molecule has 5 heteroatoms. The number of hydrogen-bond donors (Lipinski definition) is 0. The number of pyridine rings is 1. The van der Waals surface area contributed by atoms with Gasteiger partial charge in [0.15, 0.2) is 0 Å². The van der Waals surface area contributed by atoms with Gasteiger partial charge < -0.3 is 9.64 Å². The zero-order chi connectivity index (χ0) is 15.2. The molecule has 0 aliphatic heterocycles. The molecule has 1 aromatic carbocycles. The van der Waals surface area contributed by atoms with Crippen LogP contribution in [0.25, 0.3) is 0 Å². The number of aromatic nitrogens is 1. The first-order valence-electron chi connectivity index (χ1n) is 6.68. The van der Waals surface area contributed by atoms with Crippen LogP contribution >= 0.6 is 15.9 Å². The lowest BCUT2D eigenvalue weighted by Crippen LogP contribution is -2.32. The van der Waals surface area contributed by atoms with Gasteiger partial charge in [-0.15, -0.1) is 0 Å². The van der Waals surface area contributed by atoms with Gasteiger partial charge in [-0.3, -0.25) is 9.78 Å². The van der Waals surface area contributed by atoms with Crippen molar-refractivity contribution in [2.24, 2.45) is 0 Å². The van der Waals surface area contributed by atoms with Gasteiger partial charge in [-0.2, -0.15) is 0 Å². The number of halogens is 1. The summed E-state index contributed by atoms with van der Waals surface area (Å²) in [5, 5.41) is 0. The monoisotopic (exact) mass is 348 g/mol. The number of carbonyl (C=O) groups excluding carboxylic acids is 1. The number of hydrogen-bond acceptors (Lipinski definition) is 3. The van der Waals surface area contributed by atoms with Crippen LogP contribution in [0, 0.1) is 0 Å². The molecular weight excluding hydrogens is 332 g/mol. The van der Waals surface area contributed by atoms with Crippen molar-refractivity contribution in [3.05, 3.63) is 52.8 Å². The summed E-state index contributed by atoms with van der Waals surface area (Å²) in [6.07, 6.45) is 3.70. The van der Waals surface area contributed by atoms with Gasteiger partial charge in [-0.1, -0.05) is 15.9 Å². The Morgan fingerprint density at radius 1 is 1.38 bits per heavy atom. The number of nitrogens with zero attached hydrogens (tertiary/aromatic N) is 2. The molecule has 0 bridgehead atoms. The van der Waals surface area contributed by atoms with Crippen LogP contribution in [0.3, 0.4) is 0 Å². The smallest absolute Gasteiger partial charge is 0.231 e. The summed E-state index contributed by atoms with van der Waals surface area (Å²) < 4.78 is 6.11. The number of benzene rings is 1. The Morgan fingerprint density at radius 2 is 2.19 bits per heavy atom. The van der Waals surface area contributed by atoms with E-state index in [1.807, 2.05) is 37.3 Å². The molecule has 0 unspecified atom stereocenters. The Bertz CT molecular complexity index is 617. The number of likely N-dealkylation sites (N-methyl/N-ethyl adjacent to an activating group) is 1. The van der Waals surface area contributed by atoms with Gasteiger partial charge in [0.1, 0.15) is 5.75 Å². The molecule has 1 aromatic heterocycles. The van der Waals surface area contributed by atoms with Crippen molar-refractivity contribution in [3.63, 3.8) is 0 Å². The van der Waals surface area contributed by atoms with Gasteiger partial charge in [0.2, 0.25) is 5.91 Å². The highest BCUT2D eigenvalue weighted by molar-refractivity contribution is 9.10. The fourth-order valence-electron chi connectivity index (χ4n) is 2.09. The third-order valence-corrected chi connectivity index (χ3v) is 3.94. The van der Waals surface area contributed by atoms with Crippen LogP contribution in [0.2, 0.25) is 0 Å². The first kappa shape index (κ1) is 15.5. The van der Waals surface area contributed by atoms with Crippen molar-refractivity contribution in [2.45, 2.75) is 13.3 Å². The Labute approximate surface area is 132 Å². The summed E-state index contributed by atoms with van der Waals surface area (Å²) >= 11 is 3.48. The molecule has 21 heavy (non-hydrogen) atoms. The Balaban J connectivity index is 2.20. The molecule has 0 saturated carbocycles. The molecule has 4 nitrogen and oxygen atoms in total. The van der Waals surface area contributed by atoms with Crippen LogP contribution < -0.4 is 9.64 Å². The summed E-state index contributed by atoms with van der Waals surface area (Å²) in [4.78, 5) is 18.3. The first-order valence-corrected chi connectivity index (χ1v) is 7.47. The molecule has 0 spiro atoms. The second kappa shape index (κ2) is 7.22. The molecule has 0 atom stereocenters. The van der Waals surface area contributed by atoms with E-state index in [2.05, 4.69) is 20.9 Å². The summed E-state index contributed by atoms with van der Waals surface area (Å²) in [7, 11) is 1.61. The van der Waals surface area contributed by atoms with Crippen LogP contribution in [0.15, 0.2) is 47.2 Å². The minimum Gasteiger partial charge on any atom is -0.497 e. The first-order chi connectivity index (χ1) is 10.2. The van der Waals surface area contributed by atoms with Crippen LogP contribution in [0.5, 0.6) is 5.75 Å². The highest BCUT2D eigenvalue weighted by Crippen LogP contribution is 2.24. The topological polar surface area (TPSA) is 42.4 Å². The zero-order valence-electron chi connectivity index (χ0n) is 12.0. The molecule has 2 aromatic rings. The number of ether oxygens (including phenoxy) is 1. The standard InChI is InChI=1S/C16H17BrN2O2/c1-3-19(13-5-4-8-18-11-13)16(20)10-12-9-14(21-2)6-7-15(12)17/h4-9,11H,3,10H2,1-2H3. The van der Waals surface area contributed by atoms with Gasteiger partial charge in [-0.25, -0.2) is 0 Å². The highest BCUT2D eigenvalue weighted by atomic mass is 79.9. The third kappa shape index (κ3) is 3.82. The second-order valence-corrected chi connectivity index (χ2v) is 5.34. The molecule has 0 aliphatic carbocycles. The van der Waals surface area contributed by atoms with Crippen molar-refractivity contribution in [1.82, 2.24) is 4.98 Å². The van der Waals surface area contributed by atoms with Gasteiger partial charge in [0.25, 0.3) is 0 Å². The molecule has 1 heterocycles. The van der Waals surface area contributed by atoms with E-state index in [0.717, 1.165) is 21.5 Å². The molecule has 0 aliphatic rings.